The van der Waals surface area contributed by atoms with Crippen molar-refractivity contribution in [2.24, 2.45) is 0 Å². The number of halogens is 3. The van der Waals surface area contributed by atoms with Crippen LogP contribution in [0, 0.1) is 5.82 Å². The lowest BCUT2D eigenvalue weighted by Crippen LogP contribution is -1.87. The molecule has 0 spiro atoms. The Morgan fingerprint density at radius 2 is 1.68 bits per heavy atom. The summed E-state index contributed by atoms with van der Waals surface area (Å²) < 4.78 is 14.8. The summed E-state index contributed by atoms with van der Waals surface area (Å²) in [6, 6.07) is 16.4. The van der Waals surface area contributed by atoms with E-state index in [1.165, 1.54) is 6.07 Å². The Balaban J connectivity index is 2.31. The third kappa shape index (κ3) is 2.26. The maximum Gasteiger partial charge on any atom is 0.131 e. The summed E-state index contributed by atoms with van der Waals surface area (Å²) in [7, 11) is 0. The van der Waals surface area contributed by atoms with Gasteiger partial charge in [-0.05, 0) is 50.5 Å². The maximum absolute atomic E-state index is 14.0. The van der Waals surface area contributed by atoms with Gasteiger partial charge in [0.1, 0.15) is 5.82 Å². The largest absolute Gasteiger partial charge is 0.206 e. The highest BCUT2D eigenvalue weighted by molar-refractivity contribution is 9.10. The first-order valence-corrected chi connectivity index (χ1v) is 6.96. The molecular formula is C16H9BrClF. The summed E-state index contributed by atoms with van der Waals surface area (Å²) in [5, 5.41) is 2.69. The first kappa shape index (κ1) is 12.6. The van der Waals surface area contributed by atoms with Gasteiger partial charge in [0.25, 0.3) is 0 Å². The zero-order valence-electron chi connectivity index (χ0n) is 9.83. The van der Waals surface area contributed by atoms with E-state index >= 15 is 0 Å². The van der Waals surface area contributed by atoms with Crippen molar-refractivity contribution in [3.63, 3.8) is 0 Å². The fourth-order valence-electron chi connectivity index (χ4n) is 2.15. The van der Waals surface area contributed by atoms with Crippen molar-refractivity contribution in [3.8, 4) is 11.1 Å². The van der Waals surface area contributed by atoms with E-state index in [4.69, 9.17) is 11.6 Å². The molecule has 3 aromatic rings. The van der Waals surface area contributed by atoms with Crippen molar-refractivity contribution >= 4 is 38.3 Å². The van der Waals surface area contributed by atoms with E-state index in [9.17, 15) is 4.39 Å². The lowest BCUT2D eigenvalue weighted by atomic mass is 10.0. The van der Waals surface area contributed by atoms with Crippen LogP contribution in [0.2, 0.25) is 5.02 Å². The van der Waals surface area contributed by atoms with Gasteiger partial charge in [0.2, 0.25) is 0 Å². The molecule has 94 valence electrons. The molecule has 19 heavy (non-hydrogen) atoms. The molecule has 0 aliphatic carbocycles. The van der Waals surface area contributed by atoms with Gasteiger partial charge in [-0.2, -0.15) is 0 Å². The monoisotopic (exact) mass is 334 g/mol. The zero-order valence-corrected chi connectivity index (χ0v) is 12.2. The van der Waals surface area contributed by atoms with Crippen molar-refractivity contribution in [1.82, 2.24) is 0 Å². The number of hydrogen-bond acceptors (Lipinski definition) is 0. The fraction of sp³-hybridized carbons (Fsp3) is 0. The predicted molar refractivity (Wildman–Crippen MR) is 82.1 cm³/mol. The van der Waals surface area contributed by atoms with Crippen molar-refractivity contribution < 1.29 is 4.39 Å². The highest BCUT2D eigenvalue weighted by atomic mass is 79.9. The number of benzene rings is 3. The van der Waals surface area contributed by atoms with Crippen molar-refractivity contribution in [2.75, 3.05) is 0 Å². The lowest BCUT2D eigenvalue weighted by Gasteiger charge is -2.09. The Kier molecular flexibility index (Phi) is 3.29. The SMILES string of the molecule is Fc1ccc(Cl)cc1-c1ccc2ccccc2c1Br. The summed E-state index contributed by atoms with van der Waals surface area (Å²) in [5.41, 5.74) is 1.31. The molecule has 0 amide bonds. The van der Waals surface area contributed by atoms with Gasteiger partial charge in [0, 0.05) is 15.1 Å². The van der Waals surface area contributed by atoms with Crippen molar-refractivity contribution in [1.29, 1.82) is 0 Å². The molecule has 0 atom stereocenters. The van der Waals surface area contributed by atoms with E-state index in [2.05, 4.69) is 15.9 Å². The van der Waals surface area contributed by atoms with Gasteiger partial charge in [-0.3, -0.25) is 0 Å². The average molecular weight is 336 g/mol. The highest BCUT2D eigenvalue weighted by Crippen LogP contribution is 2.36. The van der Waals surface area contributed by atoms with Crippen LogP contribution < -0.4 is 0 Å². The summed E-state index contributed by atoms with van der Waals surface area (Å²) >= 11 is 9.52. The second-order valence-electron chi connectivity index (χ2n) is 4.27. The number of hydrogen-bond donors (Lipinski definition) is 0. The van der Waals surface area contributed by atoms with Crippen LogP contribution in [0.25, 0.3) is 21.9 Å². The quantitative estimate of drug-likeness (QED) is 0.507. The van der Waals surface area contributed by atoms with Crippen LogP contribution >= 0.6 is 27.5 Å². The van der Waals surface area contributed by atoms with E-state index in [-0.39, 0.29) is 5.82 Å². The summed E-state index contributed by atoms with van der Waals surface area (Å²) in [6.45, 7) is 0. The van der Waals surface area contributed by atoms with Crippen molar-refractivity contribution in [3.05, 3.63) is 69.9 Å². The summed E-state index contributed by atoms with van der Waals surface area (Å²) in [6.07, 6.45) is 0. The minimum Gasteiger partial charge on any atom is -0.206 e. The molecule has 3 aromatic carbocycles. The van der Waals surface area contributed by atoms with E-state index in [1.807, 2.05) is 36.4 Å². The van der Waals surface area contributed by atoms with Crippen LogP contribution in [0.3, 0.4) is 0 Å². The maximum atomic E-state index is 14.0. The molecule has 0 N–H and O–H groups in total. The summed E-state index contributed by atoms with van der Waals surface area (Å²) in [5.74, 6) is -0.277. The minimum absolute atomic E-state index is 0.277. The van der Waals surface area contributed by atoms with Crippen molar-refractivity contribution in [2.45, 2.75) is 0 Å². The molecule has 0 heterocycles. The van der Waals surface area contributed by atoms with E-state index in [0.29, 0.717) is 10.6 Å². The van der Waals surface area contributed by atoms with Crippen LogP contribution in [-0.4, -0.2) is 0 Å². The molecule has 0 saturated heterocycles. The van der Waals surface area contributed by atoms with Gasteiger partial charge < -0.3 is 0 Å². The van der Waals surface area contributed by atoms with Crippen LogP contribution in [0.15, 0.2) is 59.1 Å². The lowest BCUT2D eigenvalue weighted by molar-refractivity contribution is 0.631. The second-order valence-corrected chi connectivity index (χ2v) is 5.50. The molecule has 3 rings (SSSR count). The Morgan fingerprint density at radius 1 is 0.895 bits per heavy atom. The van der Waals surface area contributed by atoms with E-state index in [1.54, 1.807) is 12.1 Å². The molecule has 0 bridgehead atoms. The smallest absolute Gasteiger partial charge is 0.131 e. The zero-order chi connectivity index (χ0) is 13.4. The van der Waals surface area contributed by atoms with Gasteiger partial charge in [-0.1, -0.05) is 48.0 Å². The van der Waals surface area contributed by atoms with Gasteiger partial charge in [0.15, 0.2) is 0 Å². The van der Waals surface area contributed by atoms with E-state index < -0.39 is 0 Å². The average Bonchev–Trinajstić information content (AvgIpc) is 2.43. The Morgan fingerprint density at radius 3 is 2.53 bits per heavy atom. The molecule has 0 saturated carbocycles. The standard InChI is InChI=1S/C16H9BrClF/c17-16-12-4-2-1-3-10(12)5-7-13(16)14-9-11(18)6-8-15(14)19/h1-9H. The topological polar surface area (TPSA) is 0 Å². The predicted octanol–water partition coefficient (Wildman–Crippen LogP) is 6.06. The molecule has 0 unspecified atom stereocenters. The number of fused-ring (bicyclic) bond motifs is 1. The highest BCUT2D eigenvalue weighted by Gasteiger charge is 2.11. The molecule has 0 aliphatic heterocycles. The van der Waals surface area contributed by atoms with Crippen LogP contribution in [0.5, 0.6) is 0 Å². The summed E-state index contributed by atoms with van der Waals surface area (Å²) in [4.78, 5) is 0. The third-order valence-corrected chi connectivity index (χ3v) is 4.17. The van der Waals surface area contributed by atoms with Crippen LogP contribution in [-0.2, 0) is 0 Å². The Labute approximate surface area is 124 Å². The Bertz CT molecular complexity index is 768. The fourth-order valence-corrected chi connectivity index (χ4v) is 3.02. The van der Waals surface area contributed by atoms with Gasteiger partial charge >= 0.3 is 0 Å². The van der Waals surface area contributed by atoms with Gasteiger partial charge in [-0.25, -0.2) is 4.39 Å². The van der Waals surface area contributed by atoms with Gasteiger partial charge in [0.05, 0.1) is 0 Å². The van der Waals surface area contributed by atoms with E-state index in [0.717, 1.165) is 20.8 Å². The second kappa shape index (κ2) is 4.95. The molecule has 0 fully saturated rings. The molecule has 0 aliphatic rings. The first-order valence-electron chi connectivity index (χ1n) is 5.79. The first-order chi connectivity index (χ1) is 9.16. The third-order valence-electron chi connectivity index (χ3n) is 3.08. The minimum atomic E-state index is -0.277. The number of rotatable bonds is 1. The van der Waals surface area contributed by atoms with Gasteiger partial charge in [-0.15, -0.1) is 0 Å². The molecule has 0 nitrogen and oxygen atoms in total. The Hall–Kier alpha value is -1.38. The van der Waals surface area contributed by atoms with Crippen LogP contribution in [0.1, 0.15) is 0 Å². The molecule has 0 radical (unpaired) electrons. The van der Waals surface area contributed by atoms with Crippen LogP contribution in [0.4, 0.5) is 4.39 Å². The normalized spacial score (nSPS) is 10.9. The molecule has 0 aromatic heterocycles. The molecular weight excluding hydrogens is 327 g/mol. The molecule has 3 heteroatoms.